The Hall–Kier alpha value is -2.81. The average Bonchev–Trinajstić information content (AvgIpc) is 2.52. The molecule has 0 aliphatic rings. The third-order valence-corrected chi connectivity index (χ3v) is 3.54. The molecule has 1 atom stereocenters. The number of rotatable bonds is 7. The SMILES string of the molecule is CC(C)c1ccc(N/C=C(/C#N)C(=O)NC(C(=O)O)C(C)C)cc1. The third kappa shape index (κ3) is 5.43. The second-order valence-electron chi connectivity index (χ2n) is 6.12. The van der Waals surface area contributed by atoms with Gasteiger partial charge in [0.1, 0.15) is 17.7 Å². The van der Waals surface area contributed by atoms with E-state index in [4.69, 9.17) is 10.4 Å². The molecule has 0 radical (unpaired) electrons. The van der Waals surface area contributed by atoms with Gasteiger partial charge >= 0.3 is 5.97 Å². The van der Waals surface area contributed by atoms with Crippen LogP contribution in [0, 0.1) is 17.2 Å². The van der Waals surface area contributed by atoms with Crippen molar-refractivity contribution >= 4 is 17.6 Å². The van der Waals surface area contributed by atoms with Gasteiger partial charge in [0, 0.05) is 11.9 Å². The highest BCUT2D eigenvalue weighted by molar-refractivity contribution is 5.99. The van der Waals surface area contributed by atoms with Crippen molar-refractivity contribution in [1.82, 2.24) is 5.32 Å². The number of carbonyl (C=O) groups is 2. The minimum Gasteiger partial charge on any atom is -0.480 e. The lowest BCUT2D eigenvalue weighted by molar-refractivity contribution is -0.142. The Morgan fingerprint density at radius 1 is 1.17 bits per heavy atom. The van der Waals surface area contributed by atoms with Gasteiger partial charge in [-0.2, -0.15) is 5.26 Å². The minimum atomic E-state index is -1.13. The lowest BCUT2D eigenvalue weighted by Crippen LogP contribution is -2.44. The first kappa shape index (κ1) is 19.2. The number of anilines is 1. The number of hydrogen-bond donors (Lipinski definition) is 3. The van der Waals surface area contributed by atoms with E-state index in [2.05, 4.69) is 24.5 Å². The highest BCUT2D eigenvalue weighted by Gasteiger charge is 2.24. The van der Waals surface area contributed by atoms with Gasteiger partial charge in [0.2, 0.25) is 0 Å². The van der Waals surface area contributed by atoms with Gasteiger partial charge in [-0.25, -0.2) is 4.79 Å². The van der Waals surface area contributed by atoms with Crippen molar-refractivity contribution in [3.63, 3.8) is 0 Å². The summed E-state index contributed by atoms with van der Waals surface area (Å²) in [6.07, 6.45) is 1.28. The molecule has 0 aliphatic heterocycles. The smallest absolute Gasteiger partial charge is 0.326 e. The van der Waals surface area contributed by atoms with E-state index in [1.54, 1.807) is 19.9 Å². The maximum absolute atomic E-state index is 12.1. The number of hydrogen-bond acceptors (Lipinski definition) is 4. The summed E-state index contributed by atoms with van der Waals surface area (Å²) >= 11 is 0. The van der Waals surface area contributed by atoms with Crippen LogP contribution < -0.4 is 10.6 Å². The molecule has 0 spiro atoms. The van der Waals surface area contributed by atoms with E-state index in [9.17, 15) is 9.59 Å². The van der Waals surface area contributed by atoms with Crippen LogP contribution in [0.15, 0.2) is 36.0 Å². The highest BCUT2D eigenvalue weighted by atomic mass is 16.4. The maximum Gasteiger partial charge on any atom is 0.326 e. The van der Waals surface area contributed by atoms with Crippen molar-refractivity contribution in [3.05, 3.63) is 41.6 Å². The number of nitrogens with one attached hydrogen (secondary N) is 2. The summed E-state index contributed by atoms with van der Waals surface area (Å²) in [5.41, 5.74) is 1.73. The fourth-order valence-corrected chi connectivity index (χ4v) is 2.00. The lowest BCUT2D eigenvalue weighted by Gasteiger charge is -2.17. The second-order valence-corrected chi connectivity index (χ2v) is 6.12. The number of carboxylic acid groups (broad SMARTS) is 1. The highest BCUT2D eigenvalue weighted by Crippen LogP contribution is 2.17. The van der Waals surface area contributed by atoms with Crippen molar-refractivity contribution in [2.75, 3.05) is 5.32 Å². The van der Waals surface area contributed by atoms with E-state index >= 15 is 0 Å². The van der Waals surface area contributed by atoms with Crippen molar-refractivity contribution in [2.45, 2.75) is 39.7 Å². The molecule has 1 rings (SSSR count). The molecule has 1 amide bonds. The third-order valence-electron chi connectivity index (χ3n) is 3.54. The number of carbonyl (C=O) groups excluding carboxylic acids is 1. The Kier molecular flexibility index (Phi) is 6.99. The Balaban J connectivity index is 2.81. The maximum atomic E-state index is 12.1. The number of nitriles is 1. The molecule has 0 saturated carbocycles. The number of nitrogens with zero attached hydrogens (tertiary/aromatic N) is 1. The van der Waals surface area contributed by atoms with Crippen molar-refractivity contribution in [2.24, 2.45) is 5.92 Å². The molecule has 1 aromatic rings. The Labute approximate surface area is 142 Å². The normalized spacial score (nSPS) is 12.6. The second kappa shape index (κ2) is 8.73. The Morgan fingerprint density at radius 2 is 1.75 bits per heavy atom. The van der Waals surface area contributed by atoms with Gasteiger partial charge in [-0.3, -0.25) is 4.79 Å². The molecule has 6 heteroatoms. The quantitative estimate of drug-likeness (QED) is 0.527. The van der Waals surface area contributed by atoms with Gasteiger partial charge in [0.05, 0.1) is 0 Å². The number of benzene rings is 1. The van der Waals surface area contributed by atoms with Crippen LogP contribution in [-0.4, -0.2) is 23.0 Å². The van der Waals surface area contributed by atoms with Gasteiger partial charge in [0.25, 0.3) is 5.91 Å². The van der Waals surface area contributed by atoms with Crippen LogP contribution in [-0.2, 0) is 9.59 Å². The molecule has 128 valence electrons. The predicted molar refractivity (Wildman–Crippen MR) is 92.3 cm³/mol. The monoisotopic (exact) mass is 329 g/mol. The largest absolute Gasteiger partial charge is 0.480 e. The van der Waals surface area contributed by atoms with Crippen LogP contribution in [0.25, 0.3) is 0 Å². The molecular weight excluding hydrogens is 306 g/mol. The minimum absolute atomic E-state index is 0.185. The first-order valence-electron chi connectivity index (χ1n) is 7.76. The molecular formula is C18H23N3O3. The molecule has 0 heterocycles. The van der Waals surface area contributed by atoms with Gasteiger partial charge in [-0.15, -0.1) is 0 Å². The molecule has 0 bridgehead atoms. The summed E-state index contributed by atoms with van der Waals surface area (Å²) in [7, 11) is 0. The molecule has 0 fully saturated rings. The average molecular weight is 329 g/mol. The van der Waals surface area contributed by atoms with Gasteiger partial charge in [-0.1, -0.05) is 39.8 Å². The van der Waals surface area contributed by atoms with Gasteiger partial charge in [0.15, 0.2) is 0 Å². The van der Waals surface area contributed by atoms with E-state index < -0.39 is 17.9 Å². The van der Waals surface area contributed by atoms with Crippen LogP contribution >= 0.6 is 0 Å². The van der Waals surface area contributed by atoms with Crippen molar-refractivity contribution < 1.29 is 14.7 Å². The van der Waals surface area contributed by atoms with Crippen LogP contribution in [0.1, 0.15) is 39.2 Å². The van der Waals surface area contributed by atoms with E-state index in [-0.39, 0.29) is 11.5 Å². The molecule has 0 aromatic heterocycles. The summed E-state index contributed by atoms with van der Waals surface area (Å²) in [4.78, 5) is 23.2. The standard InChI is InChI=1S/C18H23N3O3/c1-11(2)13-5-7-15(8-6-13)20-10-14(9-19)17(22)21-16(12(3)4)18(23)24/h5-8,10-12,16,20H,1-4H3,(H,21,22)(H,23,24)/b14-10-. The summed E-state index contributed by atoms with van der Waals surface area (Å²) in [5.74, 6) is -1.72. The summed E-state index contributed by atoms with van der Waals surface area (Å²) in [6.45, 7) is 7.55. The zero-order valence-corrected chi connectivity index (χ0v) is 14.3. The molecule has 1 unspecified atom stereocenters. The molecule has 0 saturated heterocycles. The lowest BCUT2D eigenvalue weighted by atomic mass is 10.0. The van der Waals surface area contributed by atoms with Crippen LogP contribution in [0.4, 0.5) is 5.69 Å². The number of aliphatic carboxylic acids is 1. The van der Waals surface area contributed by atoms with Gasteiger partial charge < -0.3 is 15.7 Å². The summed E-state index contributed by atoms with van der Waals surface area (Å²) in [6, 6.07) is 8.37. The fourth-order valence-electron chi connectivity index (χ4n) is 2.00. The predicted octanol–water partition coefficient (Wildman–Crippen LogP) is 2.85. The van der Waals surface area contributed by atoms with Crippen LogP contribution in [0.5, 0.6) is 0 Å². The van der Waals surface area contributed by atoms with Gasteiger partial charge in [-0.05, 0) is 29.5 Å². The molecule has 6 nitrogen and oxygen atoms in total. The van der Waals surface area contributed by atoms with Crippen LogP contribution in [0.2, 0.25) is 0 Å². The van der Waals surface area contributed by atoms with E-state index in [0.717, 1.165) is 5.69 Å². The molecule has 1 aromatic carbocycles. The van der Waals surface area contributed by atoms with E-state index in [1.807, 2.05) is 24.3 Å². The van der Waals surface area contributed by atoms with Crippen LogP contribution in [0.3, 0.4) is 0 Å². The molecule has 3 N–H and O–H groups in total. The van der Waals surface area contributed by atoms with Crippen molar-refractivity contribution in [1.29, 1.82) is 5.26 Å². The topological polar surface area (TPSA) is 102 Å². The summed E-state index contributed by atoms with van der Waals surface area (Å²) in [5, 5.41) is 23.4. The first-order valence-corrected chi connectivity index (χ1v) is 7.76. The summed E-state index contributed by atoms with van der Waals surface area (Å²) < 4.78 is 0. The van der Waals surface area contributed by atoms with E-state index in [1.165, 1.54) is 11.8 Å². The first-order chi connectivity index (χ1) is 11.3. The van der Waals surface area contributed by atoms with E-state index in [0.29, 0.717) is 5.92 Å². The Morgan fingerprint density at radius 3 is 2.17 bits per heavy atom. The number of carboxylic acids is 1. The molecule has 0 aliphatic carbocycles. The zero-order valence-electron chi connectivity index (χ0n) is 14.3. The zero-order chi connectivity index (χ0) is 18.3. The Bertz CT molecular complexity index is 655. The molecule has 24 heavy (non-hydrogen) atoms. The van der Waals surface area contributed by atoms with Crippen molar-refractivity contribution in [3.8, 4) is 6.07 Å². The number of amides is 1. The fraction of sp³-hybridized carbons (Fsp3) is 0.389.